The number of benzene rings is 1. The second-order valence-electron chi connectivity index (χ2n) is 4.68. The van der Waals surface area contributed by atoms with E-state index in [1.807, 2.05) is 12.1 Å². The highest BCUT2D eigenvalue weighted by molar-refractivity contribution is 5.27. The van der Waals surface area contributed by atoms with Crippen molar-refractivity contribution in [3.05, 3.63) is 29.8 Å². The Labute approximate surface area is 116 Å². The Morgan fingerprint density at radius 1 is 1.21 bits per heavy atom. The van der Waals surface area contributed by atoms with E-state index in [2.05, 4.69) is 36.3 Å². The summed E-state index contributed by atoms with van der Waals surface area (Å²) in [6.45, 7) is 5.68. The maximum Gasteiger partial charge on any atom is 0.118 e. The van der Waals surface area contributed by atoms with Crippen LogP contribution in [-0.2, 0) is 11.3 Å². The summed E-state index contributed by atoms with van der Waals surface area (Å²) < 4.78 is 10.5. The molecule has 19 heavy (non-hydrogen) atoms. The Bertz CT molecular complexity index is 341. The fourth-order valence-corrected chi connectivity index (χ4v) is 1.99. The fraction of sp³-hybridized carbons (Fsp3) is 0.600. The smallest absolute Gasteiger partial charge is 0.118 e. The molecular weight excluding hydrogens is 240 g/mol. The van der Waals surface area contributed by atoms with Crippen LogP contribution in [0.15, 0.2) is 24.3 Å². The number of methoxy groups -OCH3 is 2. The van der Waals surface area contributed by atoms with E-state index in [4.69, 9.17) is 9.47 Å². The molecule has 108 valence electrons. The van der Waals surface area contributed by atoms with Gasteiger partial charge in [-0.1, -0.05) is 19.1 Å². The lowest BCUT2D eigenvalue weighted by molar-refractivity contribution is 0.102. The van der Waals surface area contributed by atoms with Gasteiger partial charge >= 0.3 is 0 Å². The fourth-order valence-electron chi connectivity index (χ4n) is 1.99. The number of ether oxygens (including phenoxy) is 2. The first-order valence-electron chi connectivity index (χ1n) is 6.74. The molecular formula is C15H26N2O2. The second-order valence-corrected chi connectivity index (χ2v) is 4.68. The molecule has 0 bridgehead atoms. The van der Waals surface area contributed by atoms with Crippen molar-refractivity contribution in [1.29, 1.82) is 0 Å². The molecule has 0 aliphatic carbocycles. The van der Waals surface area contributed by atoms with Gasteiger partial charge in [0.2, 0.25) is 0 Å². The molecule has 1 N–H and O–H groups in total. The standard InChI is InChI=1S/C15H26N2O2/c1-5-16-10-14(12-18-3)17(2)11-13-6-8-15(19-4)9-7-13/h6-9,14,16H,5,10-12H2,1-4H3. The molecule has 0 aliphatic heterocycles. The third-order valence-electron chi connectivity index (χ3n) is 3.20. The second kappa shape index (κ2) is 8.91. The van der Waals surface area contributed by atoms with Gasteiger partial charge in [-0.3, -0.25) is 4.90 Å². The molecule has 0 spiro atoms. The van der Waals surface area contributed by atoms with E-state index >= 15 is 0 Å². The van der Waals surface area contributed by atoms with Crippen LogP contribution in [-0.4, -0.2) is 51.9 Å². The number of hydrogen-bond donors (Lipinski definition) is 1. The summed E-state index contributed by atoms with van der Waals surface area (Å²) in [6.07, 6.45) is 0. The molecule has 0 radical (unpaired) electrons. The van der Waals surface area contributed by atoms with Crippen LogP contribution in [0.2, 0.25) is 0 Å². The lowest BCUT2D eigenvalue weighted by atomic mass is 10.1. The molecule has 0 aliphatic rings. The first-order chi connectivity index (χ1) is 9.21. The van der Waals surface area contributed by atoms with Crippen LogP contribution in [0.1, 0.15) is 12.5 Å². The highest BCUT2D eigenvalue weighted by Crippen LogP contribution is 2.13. The summed E-state index contributed by atoms with van der Waals surface area (Å²) in [4.78, 5) is 2.31. The predicted molar refractivity (Wildman–Crippen MR) is 78.7 cm³/mol. The summed E-state index contributed by atoms with van der Waals surface area (Å²) in [5, 5.41) is 3.38. The number of nitrogens with zero attached hydrogens (tertiary/aromatic N) is 1. The van der Waals surface area contributed by atoms with Crippen LogP contribution < -0.4 is 10.1 Å². The van der Waals surface area contributed by atoms with Crippen LogP contribution in [0.5, 0.6) is 5.75 Å². The van der Waals surface area contributed by atoms with Crippen molar-refractivity contribution in [1.82, 2.24) is 10.2 Å². The van der Waals surface area contributed by atoms with Crippen molar-refractivity contribution in [2.75, 3.05) is 41.0 Å². The van der Waals surface area contributed by atoms with Gasteiger partial charge in [0.15, 0.2) is 0 Å². The van der Waals surface area contributed by atoms with E-state index in [9.17, 15) is 0 Å². The first-order valence-corrected chi connectivity index (χ1v) is 6.74. The molecule has 4 nitrogen and oxygen atoms in total. The van der Waals surface area contributed by atoms with Crippen molar-refractivity contribution in [3.63, 3.8) is 0 Å². The predicted octanol–water partition coefficient (Wildman–Crippen LogP) is 1.75. The minimum Gasteiger partial charge on any atom is -0.497 e. The monoisotopic (exact) mass is 266 g/mol. The average molecular weight is 266 g/mol. The van der Waals surface area contributed by atoms with E-state index in [0.717, 1.165) is 32.0 Å². The number of nitrogens with one attached hydrogen (secondary N) is 1. The third kappa shape index (κ3) is 5.59. The summed E-state index contributed by atoms with van der Waals surface area (Å²) in [5.41, 5.74) is 1.28. The summed E-state index contributed by atoms with van der Waals surface area (Å²) in [7, 11) is 5.57. The molecule has 0 fully saturated rings. The SMILES string of the molecule is CCNCC(COC)N(C)Cc1ccc(OC)cc1. The van der Waals surface area contributed by atoms with E-state index < -0.39 is 0 Å². The van der Waals surface area contributed by atoms with Gasteiger partial charge in [-0.25, -0.2) is 0 Å². The normalized spacial score (nSPS) is 12.7. The van der Waals surface area contributed by atoms with Gasteiger partial charge in [-0.15, -0.1) is 0 Å². The summed E-state index contributed by atoms with van der Waals surface area (Å²) in [5.74, 6) is 0.896. The molecule has 0 amide bonds. The lowest BCUT2D eigenvalue weighted by Gasteiger charge is -2.27. The molecule has 0 saturated carbocycles. The Balaban J connectivity index is 2.55. The molecule has 1 aromatic rings. The van der Waals surface area contributed by atoms with Gasteiger partial charge < -0.3 is 14.8 Å². The van der Waals surface area contributed by atoms with Crippen molar-refractivity contribution in [2.24, 2.45) is 0 Å². The van der Waals surface area contributed by atoms with Gasteiger partial charge in [0.25, 0.3) is 0 Å². The maximum atomic E-state index is 5.29. The average Bonchev–Trinajstić information content (AvgIpc) is 2.44. The zero-order valence-electron chi connectivity index (χ0n) is 12.5. The van der Waals surface area contributed by atoms with Crippen LogP contribution in [0.25, 0.3) is 0 Å². The topological polar surface area (TPSA) is 33.7 Å². The van der Waals surface area contributed by atoms with Crippen LogP contribution in [0, 0.1) is 0 Å². The minimum absolute atomic E-state index is 0.382. The lowest BCUT2D eigenvalue weighted by Crippen LogP contribution is -2.42. The quantitative estimate of drug-likeness (QED) is 0.738. The van der Waals surface area contributed by atoms with Gasteiger partial charge in [-0.2, -0.15) is 0 Å². The number of hydrogen-bond acceptors (Lipinski definition) is 4. The number of likely N-dealkylation sites (N-methyl/N-ethyl adjacent to an activating group) is 2. The van der Waals surface area contributed by atoms with Gasteiger partial charge in [0.05, 0.1) is 13.7 Å². The van der Waals surface area contributed by atoms with Crippen LogP contribution in [0.4, 0.5) is 0 Å². The van der Waals surface area contributed by atoms with E-state index in [1.54, 1.807) is 14.2 Å². The van der Waals surface area contributed by atoms with Crippen molar-refractivity contribution >= 4 is 0 Å². The largest absolute Gasteiger partial charge is 0.497 e. The van der Waals surface area contributed by atoms with Crippen molar-refractivity contribution < 1.29 is 9.47 Å². The molecule has 4 heteroatoms. The molecule has 1 atom stereocenters. The first kappa shape index (κ1) is 16.0. The Morgan fingerprint density at radius 3 is 2.42 bits per heavy atom. The van der Waals surface area contributed by atoms with Gasteiger partial charge in [0.1, 0.15) is 5.75 Å². The third-order valence-corrected chi connectivity index (χ3v) is 3.20. The van der Waals surface area contributed by atoms with Crippen LogP contribution in [0.3, 0.4) is 0 Å². The molecule has 1 aromatic carbocycles. The Morgan fingerprint density at radius 2 is 1.89 bits per heavy atom. The zero-order valence-corrected chi connectivity index (χ0v) is 12.5. The molecule has 0 saturated heterocycles. The van der Waals surface area contributed by atoms with E-state index in [-0.39, 0.29) is 0 Å². The van der Waals surface area contributed by atoms with Crippen molar-refractivity contribution in [2.45, 2.75) is 19.5 Å². The molecule has 1 unspecified atom stereocenters. The van der Waals surface area contributed by atoms with E-state index in [0.29, 0.717) is 6.04 Å². The minimum atomic E-state index is 0.382. The zero-order chi connectivity index (χ0) is 14.1. The Kier molecular flexibility index (Phi) is 7.48. The van der Waals surface area contributed by atoms with Gasteiger partial charge in [-0.05, 0) is 31.3 Å². The summed E-state index contributed by atoms with van der Waals surface area (Å²) in [6, 6.07) is 8.59. The number of rotatable bonds is 9. The highest BCUT2D eigenvalue weighted by atomic mass is 16.5. The molecule has 0 aromatic heterocycles. The van der Waals surface area contributed by atoms with Crippen molar-refractivity contribution in [3.8, 4) is 5.75 Å². The highest BCUT2D eigenvalue weighted by Gasteiger charge is 2.14. The Hall–Kier alpha value is -1.10. The van der Waals surface area contributed by atoms with Gasteiger partial charge in [0, 0.05) is 26.2 Å². The molecule has 0 heterocycles. The molecule has 1 rings (SSSR count). The van der Waals surface area contributed by atoms with E-state index in [1.165, 1.54) is 5.56 Å². The van der Waals surface area contributed by atoms with Crippen LogP contribution >= 0.6 is 0 Å². The maximum absolute atomic E-state index is 5.29. The summed E-state index contributed by atoms with van der Waals surface area (Å²) >= 11 is 0.